The summed E-state index contributed by atoms with van der Waals surface area (Å²) in [6, 6.07) is 7.92. The molecule has 0 aliphatic heterocycles. The predicted octanol–water partition coefficient (Wildman–Crippen LogP) is 2.47. The van der Waals surface area contributed by atoms with Gasteiger partial charge < -0.3 is 10.6 Å². The zero-order valence-corrected chi connectivity index (χ0v) is 11.8. The van der Waals surface area contributed by atoms with Crippen molar-refractivity contribution in [1.29, 1.82) is 0 Å². The number of rotatable bonds is 6. The smallest absolute Gasteiger partial charge is 0.222 e. The number of hydrogen-bond donors (Lipinski definition) is 1. The Morgan fingerprint density at radius 1 is 1.39 bits per heavy atom. The van der Waals surface area contributed by atoms with E-state index in [1.165, 1.54) is 5.56 Å². The molecule has 1 amide bonds. The van der Waals surface area contributed by atoms with Crippen LogP contribution in [0.3, 0.4) is 0 Å². The van der Waals surface area contributed by atoms with Crippen molar-refractivity contribution in [3.63, 3.8) is 0 Å². The molecule has 100 valence electrons. The fraction of sp³-hybridized carbons (Fsp3) is 0.500. The normalized spacial score (nSPS) is 12.2. The van der Waals surface area contributed by atoms with Crippen molar-refractivity contribution in [2.75, 3.05) is 13.6 Å². The molecule has 0 bridgehead atoms. The van der Waals surface area contributed by atoms with Crippen molar-refractivity contribution in [1.82, 2.24) is 4.90 Å². The summed E-state index contributed by atoms with van der Waals surface area (Å²) in [6.07, 6.45) is 2.11. The molecule has 3 nitrogen and oxygen atoms in total. The highest BCUT2D eigenvalue weighted by Gasteiger charge is 2.15. The summed E-state index contributed by atoms with van der Waals surface area (Å²) >= 11 is 5.84. The molecule has 0 aliphatic carbocycles. The van der Waals surface area contributed by atoms with Crippen LogP contribution < -0.4 is 5.73 Å². The van der Waals surface area contributed by atoms with Crippen LogP contribution in [0.4, 0.5) is 0 Å². The van der Waals surface area contributed by atoms with Gasteiger partial charge in [0.2, 0.25) is 5.91 Å². The van der Waals surface area contributed by atoms with Gasteiger partial charge in [-0.05, 0) is 44.0 Å². The van der Waals surface area contributed by atoms with Gasteiger partial charge in [0.1, 0.15) is 0 Å². The van der Waals surface area contributed by atoms with E-state index in [4.69, 9.17) is 17.3 Å². The molecule has 0 radical (unpaired) electrons. The lowest BCUT2D eigenvalue weighted by atomic mass is 10.1. The summed E-state index contributed by atoms with van der Waals surface area (Å²) in [4.78, 5) is 13.6. The van der Waals surface area contributed by atoms with Gasteiger partial charge in [-0.25, -0.2) is 0 Å². The second-order valence-corrected chi connectivity index (χ2v) is 5.01. The SMILES string of the molecule is CC(Cc1ccc(Cl)cc1)N(C)C(=O)CCCN. The Balaban J connectivity index is 2.51. The summed E-state index contributed by atoms with van der Waals surface area (Å²) in [5.74, 6) is 0.155. The molecule has 0 heterocycles. The Labute approximate surface area is 114 Å². The summed E-state index contributed by atoms with van der Waals surface area (Å²) in [5, 5.41) is 0.735. The van der Waals surface area contributed by atoms with E-state index in [0.717, 1.165) is 17.9 Å². The zero-order valence-electron chi connectivity index (χ0n) is 11.0. The Hall–Kier alpha value is -1.06. The van der Waals surface area contributed by atoms with Gasteiger partial charge in [-0.2, -0.15) is 0 Å². The molecule has 2 N–H and O–H groups in total. The third kappa shape index (κ3) is 4.67. The van der Waals surface area contributed by atoms with Crippen LogP contribution >= 0.6 is 11.6 Å². The van der Waals surface area contributed by atoms with Gasteiger partial charge in [-0.3, -0.25) is 4.79 Å². The maximum atomic E-state index is 11.8. The van der Waals surface area contributed by atoms with Crippen LogP contribution in [0, 0.1) is 0 Å². The van der Waals surface area contributed by atoms with Gasteiger partial charge in [0.15, 0.2) is 0 Å². The fourth-order valence-corrected chi connectivity index (χ4v) is 1.90. The minimum atomic E-state index is 0.155. The number of benzene rings is 1. The van der Waals surface area contributed by atoms with Crippen LogP contribution in [-0.2, 0) is 11.2 Å². The first-order valence-electron chi connectivity index (χ1n) is 6.24. The Kier molecular flexibility index (Phi) is 6.16. The molecule has 0 saturated heterocycles. The highest BCUT2D eigenvalue weighted by Crippen LogP contribution is 2.13. The highest BCUT2D eigenvalue weighted by atomic mass is 35.5. The lowest BCUT2D eigenvalue weighted by molar-refractivity contribution is -0.131. The molecule has 1 atom stereocenters. The average molecular weight is 269 g/mol. The maximum Gasteiger partial charge on any atom is 0.222 e. The highest BCUT2D eigenvalue weighted by molar-refractivity contribution is 6.30. The summed E-state index contributed by atoms with van der Waals surface area (Å²) in [5.41, 5.74) is 6.59. The van der Waals surface area contributed by atoms with Gasteiger partial charge in [-0.1, -0.05) is 23.7 Å². The van der Waals surface area contributed by atoms with E-state index in [2.05, 4.69) is 6.92 Å². The molecule has 0 spiro atoms. The molecule has 1 aromatic rings. The van der Waals surface area contributed by atoms with E-state index in [1.807, 2.05) is 31.3 Å². The second kappa shape index (κ2) is 7.39. The molecule has 1 unspecified atom stereocenters. The van der Waals surface area contributed by atoms with Gasteiger partial charge in [0.25, 0.3) is 0 Å². The second-order valence-electron chi connectivity index (χ2n) is 4.58. The molecule has 0 aliphatic rings. The van der Waals surface area contributed by atoms with Crippen molar-refractivity contribution < 1.29 is 4.79 Å². The van der Waals surface area contributed by atoms with Crippen molar-refractivity contribution in [2.24, 2.45) is 5.73 Å². The third-order valence-electron chi connectivity index (χ3n) is 3.09. The topological polar surface area (TPSA) is 46.3 Å². The summed E-state index contributed by atoms with van der Waals surface area (Å²) in [6.45, 7) is 2.61. The number of nitrogens with two attached hydrogens (primary N) is 1. The first-order chi connectivity index (χ1) is 8.54. The zero-order chi connectivity index (χ0) is 13.5. The number of amides is 1. The van der Waals surface area contributed by atoms with E-state index in [9.17, 15) is 4.79 Å². The van der Waals surface area contributed by atoms with Crippen molar-refractivity contribution in [2.45, 2.75) is 32.2 Å². The van der Waals surface area contributed by atoms with Gasteiger partial charge >= 0.3 is 0 Å². The van der Waals surface area contributed by atoms with Crippen LogP contribution in [0.25, 0.3) is 0 Å². The average Bonchev–Trinajstić information content (AvgIpc) is 2.37. The van der Waals surface area contributed by atoms with Gasteiger partial charge in [0.05, 0.1) is 0 Å². The monoisotopic (exact) mass is 268 g/mol. The molecule has 1 rings (SSSR count). The van der Waals surface area contributed by atoms with Crippen LogP contribution in [0.15, 0.2) is 24.3 Å². The first kappa shape index (κ1) is 15.0. The van der Waals surface area contributed by atoms with Crippen LogP contribution in [0.2, 0.25) is 5.02 Å². The van der Waals surface area contributed by atoms with Crippen molar-refractivity contribution >= 4 is 17.5 Å². The number of carbonyl (C=O) groups is 1. The molecule has 1 aromatic carbocycles. The van der Waals surface area contributed by atoms with Gasteiger partial charge in [0, 0.05) is 24.5 Å². The number of likely N-dealkylation sites (N-methyl/N-ethyl adjacent to an activating group) is 1. The first-order valence-corrected chi connectivity index (χ1v) is 6.62. The molecule has 4 heteroatoms. The van der Waals surface area contributed by atoms with Crippen molar-refractivity contribution in [3.05, 3.63) is 34.9 Å². The Bertz CT molecular complexity index is 378. The fourth-order valence-electron chi connectivity index (χ4n) is 1.77. The third-order valence-corrected chi connectivity index (χ3v) is 3.35. The Morgan fingerprint density at radius 3 is 2.56 bits per heavy atom. The van der Waals surface area contributed by atoms with Crippen LogP contribution in [0.5, 0.6) is 0 Å². The minimum Gasteiger partial charge on any atom is -0.343 e. The molecule has 0 fully saturated rings. The predicted molar refractivity (Wildman–Crippen MR) is 75.7 cm³/mol. The molecule has 0 saturated carbocycles. The summed E-state index contributed by atoms with van der Waals surface area (Å²) < 4.78 is 0. The van der Waals surface area contributed by atoms with E-state index in [1.54, 1.807) is 4.90 Å². The number of carbonyl (C=O) groups excluding carboxylic acids is 1. The number of hydrogen-bond acceptors (Lipinski definition) is 2. The standard InChI is InChI=1S/C14H21ClN2O/c1-11(17(2)14(18)4-3-9-16)10-12-5-7-13(15)8-6-12/h5-8,11H,3-4,9-10,16H2,1-2H3. The molecular weight excluding hydrogens is 248 g/mol. The lowest BCUT2D eigenvalue weighted by Crippen LogP contribution is -2.36. The van der Waals surface area contributed by atoms with Gasteiger partial charge in [-0.15, -0.1) is 0 Å². The van der Waals surface area contributed by atoms with E-state index < -0.39 is 0 Å². The largest absolute Gasteiger partial charge is 0.343 e. The lowest BCUT2D eigenvalue weighted by Gasteiger charge is -2.25. The number of nitrogens with zero attached hydrogens (tertiary/aromatic N) is 1. The Morgan fingerprint density at radius 2 is 2.00 bits per heavy atom. The van der Waals surface area contributed by atoms with E-state index in [0.29, 0.717) is 13.0 Å². The van der Waals surface area contributed by atoms with Crippen molar-refractivity contribution in [3.8, 4) is 0 Å². The maximum absolute atomic E-state index is 11.8. The minimum absolute atomic E-state index is 0.155. The van der Waals surface area contributed by atoms with Crippen LogP contribution in [-0.4, -0.2) is 30.4 Å². The molecular formula is C14H21ClN2O. The van der Waals surface area contributed by atoms with E-state index in [-0.39, 0.29) is 11.9 Å². The molecule has 0 aromatic heterocycles. The molecule has 18 heavy (non-hydrogen) atoms. The number of halogens is 1. The quantitative estimate of drug-likeness (QED) is 0.862. The van der Waals surface area contributed by atoms with E-state index >= 15 is 0 Å². The summed E-state index contributed by atoms with van der Waals surface area (Å²) in [7, 11) is 1.85. The van der Waals surface area contributed by atoms with Crippen LogP contribution in [0.1, 0.15) is 25.3 Å².